The second-order valence-corrected chi connectivity index (χ2v) is 6.15. The van der Waals surface area contributed by atoms with Crippen LogP contribution >= 0.6 is 11.8 Å². The van der Waals surface area contributed by atoms with E-state index in [0.717, 1.165) is 6.26 Å². The molecule has 0 bridgehead atoms. The number of benzene rings is 1. The number of rotatable bonds is 3. The number of carboxylic acid groups (broad SMARTS) is 1. The SMILES string of the molecule is CSc1c(S(C)(=O)=O)ccc(C(=O)O)c1C. The van der Waals surface area contributed by atoms with Gasteiger partial charge in [-0.3, -0.25) is 0 Å². The van der Waals surface area contributed by atoms with Crippen molar-refractivity contribution in [2.24, 2.45) is 0 Å². The van der Waals surface area contributed by atoms with E-state index < -0.39 is 15.8 Å². The Morgan fingerprint density at radius 3 is 2.31 bits per heavy atom. The Labute approximate surface area is 98.6 Å². The summed E-state index contributed by atoms with van der Waals surface area (Å²) >= 11 is 1.24. The fraction of sp³-hybridized carbons (Fsp3) is 0.300. The maximum atomic E-state index is 11.5. The molecule has 1 aromatic rings. The Hall–Kier alpha value is -1.01. The standard InChI is InChI=1S/C10H12O4S2/c1-6-7(10(11)12)4-5-8(9(6)15-2)16(3,13)14/h4-5H,1-3H3,(H,11,12). The van der Waals surface area contributed by atoms with E-state index in [1.165, 1.54) is 23.9 Å². The van der Waals surface area contributed by atoms with Crippen LogP contribution in [-0.2, 0) is 9.84 Å². The summed E-state index contributed by atoms with van der Waals surface area (Å²) in [6.45, 7) is 1.62. The van der Waals surface area contributed by atoms with Crippen LogP contribution in [0.1, 0.15) is 15.9 Å². The van der Waals surface area contributed by atoms with Gasteiger partial charge in [0, 0.05) is 11.2 Å². The van der Waals surface area contributed by atoms with Gasteiger partial charge in [-0.15, -0.1) is 11.8 Å². The molecule has 0 heterocycles. The van der Waals surface area contributed by atoms with Gasteiger partial charge in [0.1, 0.15) is 0 Å². The molecule has 0 fully saturated rings. The molecule has 4 nitrogen and oxygen atoms in total. The van der Waals surface area contributed by atoms with E-state index in [1.54, 1.807) is 13.2 Å². The lowest BCUT2D eigenvalue weighted by Crippen LogP contribution is -2.06. The highest BCUT2D eigenvalue weighted by Gasteiger charge is 2.19. The van der Waals surface area contributed by atoms with Crippen molar-refractivity contribution in [3.63, 3.8) is 0 Å². The Kier molecular flexibility index (Phi) is 3.64. The summed E-state index contributed by atoms with van der Waals surface area (Å²) in [6, 6.07) is 2.67. The first-order valence-corrected chi connectivity index (χ1v) is 7.51. The highest BCUT2D eigenvalue weighted by atomic mass is 32.2. The van der Waals surface area contributed by atoms with Gasteiger partial charge in [-0.25, -0.2) is 13.2 Å². The van der Waals surface area contributed by atoms with Crippen LogP contribution in [-0.4, -0.2) is 32.0 Å². The molecule has 0 saturated heterocycles. The van der Waals surface area contributed by atoms with Crippen LogP contribution in [0.5, 0.6) is 0 Å². The third kappa shape index (κ3) is 2.38. The van der Waals surface area contributed by atoms with E-state index in [0.29, 0.717) is 10.5 Å². The summed E-state index contributed by atoms with van der Waals surface area (Å²) < 4.78 is 23.0. The largest absolute Gasteiger partial charge is 0.478 e. The van der Waals surface area contributed by atoms with E-state index in [1.807, 2.05) is 0 Å². The van der Waals surface area contributed by atoms with E-state index in [-0.39, 0.29) is 10.5 Å². The van der Waals surface area contributed by atoms with Crippen molar-refractivity contribution in [3.05, 3.63) is 23.3 Å². The smallest absolute Gasteiger partial charge is 0.335 e. The van der Waals surface area contributed by atoms with Gasteiger partial charge in [-0.2, -0.15) is 0 Å². The summed E-state index contributed by atoms with van der Waals surface area (Å²) in [4.78, 5) is 11.6. The number of aromatic carboxylic acids is 1. The average Bonchev–Trinajstić information content (AvgIpc) is 2.15. The molecule has 0 spiro atoms. The van der Waals surface area contributed by atoms with Gasteiger partial charge in [-0.1, -0.05) is 0 Å². The Balaban J connectivity index is 3.60. The zero-order chi connectivity index (χ0) is 12.5. The van der Waals surface area contributed by atoms with Crippen molar-refractivity contribution in [2.45, 2.75) is 16.7 Å². The Bertz CT molecular complexity index is 532. The van der Waals surface area contributed by atoms with E-state index >= 15 is 0 Å². The molecule has 1 aromatic carbocycles. The van der Waals surface area contributed by atoms with Gasteiger partial charge in [0.15, 0.2) is 9.84 Å². The lowest BCUT2D eigenvalue weighted by molar-refractivity contribution is 0.0695. The summed E-state index contributed by atoms with van der Waals surface area (Å²) in [5.74, 6) is -1.05. The number of carboxylic acids is 1. The van der Waals surface area contributed by atoms with Crippen molar-refractivity contribution in [3.8, 4) is 0 Å². The Morgan fingerprint density at radius 2 is 1.94 bits per heavy atom. The summed E-state index contributed by atoms with van der Waals surface area (Å²) in [5, 5.41) is 8.92. The molecule has 0 aliphatic heterocycles. The molecule has 0 amide bonds. The van der Waals surface area contributed by atoms with Crippen molar-refractivity contribution < 1.29 is 18.3 Å². The minimum Gasteiger partial charge on any atom is -0.478 e. The van der Waals surface area contributed by atoms with E-state index in [2.05, 4.69) is 0 Å². The first kappa shape index (κ1) is 13.1. The number of thioether (sulfide) groups is 1. The summed E-state index contributed by atoms with van der Waals surface area (Å²) in [7, 11) is -3.32. The number of hydrogen-bond donors (Lipinski definition) is 1. The minimum atomic E-state index is -3.32. The summed E-state index contributed by atoms with van der Waals surface area (Å²) in [5.41, 5.74) is 0.625. The molecule has 0 unspecified atom stereocenters. The van der Waals surface area contributed by atoms with Crippen LogP contribution in [0.2, 0.25) is 0 Å². The molecule has 88 valence electrons. The quantitative estimate of drug-likeness (QED) is 0.839. The molecule has 0 aliphatic carbocycles. The molecule has 16 heavy (non-hydrogen) atoms. The molecule has 1 rings (SSSR count). The zero-order valence-electron chi connectivity index (χ0n) is 9.14. The monoisotopic (exact) mass is 260 g/mol. The average molecular weight is 260 g/mol. The van der Waals surface area contributed by atoms with Crippen LogP contribution in [0.4, 0.5) is 0 Å². The Morgan fingerprint density at radius 1 is 1.38 bits per heavy atom. The van der Waals surface area contributed by atoms with Crippen molar-refractivity contribution in [1.29, 1.82) is 0 Å². The molecule has 0 aromatic heterocycles. The van der Waals surface area contributed by atoms with Gasteiger partial charge in [0.25, 0.3) is 0 Å². The van der Waals surface area contributed by atoms with E-state index in [9.17, 15) is 13.2 Å². The first-order valence-electron chi connectivity index (χ1n) is 4.40. The molecular formula is C10H12O4S2. The van der Waals surface area contributed by atoms with Crippen LogP contribution in [0.15, 0.2) is 21.9 Å². The number of carbonyl (C=O) groups is 1. The highest BCUT2D eigenvalue weighted by Crippen LogP contribution is 2.30. The highest BCUT2D eigenvalue weighted by molar-refractivity contribution is 7.99. The second-order valence-electron chi connectivity index (χ2n) is 3.35. The molecule has 0 saturated carbocycles. The minimum absolute atomic E-state index is 0.136. The van der Waals surface area contributed by atoms with Gasteiger partial charge in [-0.05, 0) is 30.9 Å². The fourth-order valence-corrected chi connectivity index (χ4v) is 3.64. The van der Waals surface area contributed by atoms with Crippen LogP contribution in [0, 0.1) is 6.92 Å². The van der Waals surface area contributed by atoms with E-state index in [4.69, 9.17) is 5.11 Å². The second kappa shape index (κ2) is 4.47. The third-order valence-electron chi connectivity index (χ3n) is 2.20. The van der Waals surface area contributed by atoms with Crippen molar-refractivity contribution >= 4 is 27.6 Å². The zero-order valence-corrected chi connectivity index (χ0v) is 10.8. The molecule has 1 N–H and O–H groups in total. The molecule has 0 atom stereocenters. The fourth-order valence-electron chi connectivity index (χ4n) is 1.44. The van der Waals surface area contributed by atoms with Crippen LogP contribution in [0.25, 0.3) is 0 Å². The molecule has 0 radical (unpaired) electrons. The van der Waals surface area contributed by atoms with Crippen LogP contribution in [0.3, 0.4) is 0 Å². The predicted molar refractivity (Wildman–Crippen MR) is 63.0 cm³/mol. The third-order valence-corrected chi connectivity index (χ3v) is 4.41. The maximum absolute atomic E-state index is 11.5. The molecular weight excluding hydrogens is 248 g/mol. The first-order chi connectivity index (χ1) is 7.29. The lowest BCUT2D eigenvalue weighted by Gasteiger charge is -2.11. The number of hydrogen-bond acceptors (Lipinski definition) is 4. The van der Waals surface area contributed by atoms with Crippen molar-refractivity contribution in [1.82, 2.24) is 0 Å². The topological polar surface area (TPSA) is 71.4 Å². The number of sulfone groups is 1. The van der Waals surface area contributed by atoms with Gasteiger partial charge >= 0.3 is 5.97 Å². The molecule has 6 heteroatoms. The van der Waals surface area contributed by atoms with Gasteiger partial charge in [0.05, 0.1) is 10.5 Å². The maximum Gasteiger partial charge on any atom is 0.335 e. The predicted octanol–water partition coefficient (Wildman–Crippen LogP) is 1.82. The molecule has 0 aliphatic rings. The van der Waals surface area contributed by atoms with Crippen molar-refractivity contribution in [2.75, 3.05) is 12.5 Å². The van der Waals surface area contributed by atoms with Gasteiger partial charge in [0.2, 0.25) is 0 Å². The lowest BCUT2D eigenvalue weighted by atomic mass is 10.1. The van der Waals surface area contributed by atoms with Crippen LogP contribution < -0.4 is 0 Å². The summed E-state index contributed by atoms with van der Waals surface area (Å²) in [6.07, 6.45) is 2.84. The normalized spacial score (nSPS) is 11.4. The van der Waals surface area contributed by atoms with Gasteiger partial charge < -0.3 is 5.11 Å².